The van der Waals surface area contributed by atoms with Gasteiger partial charge >= 0.3 is 6.09 Å². The third kappa shape index (κ3) is 9.11. The maximum absolute atomic E-state index is 13.8. The molecule has 0 spiro atoms. The molecule has 5 N–H and O–H groups in total. The molecule has 0 saturated heterocycles. The minimum atomic E-state index is -1.37. The molecule has 0 aliphatic heterocycles. The molecule has 0 saturated carbocycles. The van der Waals surface area contributed by atoms with Crippen LogP contribution in [0.25, 0.3) is 0 Å². The van der Waals surface area contributed by atoms with Crippen LogP contribution in [0.3, 0.4) is 0 Å². The summed E-state index contributed by atoms with van der Waals surface area (Å²) in [6.45, 7) is 12.4. The van der Waals surface area contributed by atoms with Crippen molar-refractivity contribution >= 4 is 23.8 Å². The number of amides is 4. The maximum Gasteiger partial charge on any atom is 0.408 e. The lowest BCUT2D eigenvalue weighted by atomic mass is 9.97. The van der Waals surface area contributed by atoms with E-state index in [2.05, 4.69) is 10.6 Å². The lowest BCUT2D eigenvalue weighted by Crippen LogP contribution is -2.56. The number of aromatic hydroxyl groups is 1. The van der Waals surface area contributed by atoms with E-state index in [-0.39, 0.29) is 11.3 Å². The Hall–Kier alpha value is -3.30. The van der Waals surface area contributed by atoms with Gasteiger partial charge in [0.2, 0.25) is 17.7 Å². The van der Waals surface area contributed by atoms with Gasteiger partial charge in [0.1, 0.15) is 23.4 Å². The fourth-order valence-corrected chi connectivity index (χ4v) is 3.52. The van der Waals surface area contributed by atoms with Crippen molar-refractivity contribution in [1.82, 2.24) is 15.5 Å². The van der Waals surface area contributed by atoms with Crippen LogP contribution in [-0.4, -0.2) is 58.1 Å². The molecule has 0 fully saturated rings. The summed E-state index contributed by atoms with van der Waals surface area (Å²) < 4.78 is 5.24. The van der Waals surface area contributed by atoms with E-state index in [9.17, 15) is 24.3 Å². The molecule has 4 amide bonds. The first-order valence-corrected chi connectivity index (χ1v) is 11.9. The summed E-state index contributed by atoms with van der Waals surface area (Å²) in [6.07, 6.45) is 0.195. The lowest BCUT2D eigenvalue weighted by molar-refractivity contribution is -0.145. The normalized spacial score (nSPS) is 13.0. The fraction of sp³-hybridized carbons (Fsp3) is 0.600. The third-order valence-electron chi connectivity index (χ3n) is 5.12. The molecule has 1 aromatic carbocycles. The Morgan fingerprint density at radius 1 is 1.17 bits per heavy atom. The SMILES string of the molecule is CCCCNC(=O)C(c1cccc(C)c1O)N(C(=O)C(CC(N)=O)NC(=O)OC(C)(C)C)C(C)C. The van der Waals surface area contributed by atoms with Gasteiger partial charge in [-0.25, -0.2) is 4.79 Å². The summed E-state index contributed by atoms with van der Waals surface area (Å²) in [6, 6.07) is 1.81. The number of primary amides is 1. The number of ether oxygens (including phenoxy) is 1. The third-order valence-corrected chi connectivity index (χ3v) is 5.12. The molecule has 0 radical (unpaired) electrons. The Bertz CT molecular complexity index is 910. The number of nitrogens with two attached hydrogens (primary N) is 1. The molecule has 0 bridgehead atoms. The highest BCUT2D eigenvalue weighted by Crippen LogP contribution is 2.33. The predicted octanol–water partition coefficient (Wildman–Crippen LogP) is 2.66. The number of carbonyl (C=O) groups excluding carboxylic acids is 4. The average molecular weight is 493 g/mol. The van der Waals surface area contributed by atoms with Crippen LogP contribution in [0.2, 0.25) is 0 Å². The zero-order chi connectivity index (χ0) is 26.9. The molecule has 2 unspecified atom stereocenters. The minimum absolute atomic E-state index is 0.117. The number of hydrogen-bond donors (Lipinski definition) is 4. The van der Waals surface area contributed by atoms with Crippen LogP contribution in [0.15, 0.2) is 18.2 Å². The summed E-state index contributed by atoms with van der Waals surface area (Å²) in [7, 11) is 0. The van der Waals surface area contributed by atoms with Crippen molar-refractivity contribution in [2.75, 3.05) is 6.54 Å². The van der Waals surface area contributed by atoms with Crippen LogP contribution in [0.4, 0.5) is 4.79 Å². The van der Waals surface area contributed by atoms with Gasteiger partial charge in [-0.3, -0.25) is 14.4 Å². The molecular formula is C25H40N4O6. The van der Waals surface area contributed by atoms with Crippen molar-refractivity contribution in [3.63, 3.8) is 0 Å². The highest BCUT2D eigenvalue weighted by atomic mass is 16.6. The van der Waals surface area contributed by atoms with Crippen molar-refractivity contribution in [3.8, 4) is 5.75 Å². The summed E-state index contributed by atoms with van der Waals surface area (Å²) in [5.74, 6) is -2.13. The van der Waals surface area contributed by atoms with Crippen LogP contribution in [0, 0.1) is 6.92 Å². The summed E-state index contributed by atoms with van der Waals surface area (Å²) in [4.78, 5) is 52.6. The van der Waals surface area contributed by atoms with Gasteiger partial charge in [-0.15, -0.1) is 0 Å². The highest BCUT2D eigenvalue weighted by molar-refractivity contribution is 5.95. The number of phenols is 1. The highest BCUT2D eigenvalue weighted by Gasteiger charge is 2.39. The average Bonchev–Trinajstić information content (AvgIpc) is 2.71. The molecule has 35 heavy (non-hydrogen) atoms. The minimum Gasteiger partial charge on any atom is -0.507 e. The van der Waals surface area contributed by atoms with Crippen molar-refractivity contribution in [2.45, 2.75) is 91.5 Å². The second-order valence-electron chi connectivity index (χ2n) is 9.77. The largest absolute Gasteiger partial charge is 0.507 e. The molecule has 10 heteroatoms. The summed E-state index contributed by atoms with van der Waals surface area (Å²) in [5.41, 5.74) is 5.29. The van der Waals surface area contributed by atoms with Crippen molar-refractivity contribution < 1.29 is 29.0 Å². The van der Waals surface area contributed by atoms with E-state index in [0.29, 0.717) is 12.1 Å². The van der Waals surface area contributed by atoms with Gasteiger partial charge in [-0.05, 0) is 53.5 Å². The fourth-order valence-electron chi connectivity index (χ4n) is 3.52. The Labute approximate surface area is 207 Å². The van der Waals surface area contributed by atoms with Crippen molar-refractivity contribution in [2.24, 2.45) is 5.73 Å². The van der Waals surface area contributed by atoms with Gasteiger partial charge < -0.3 is 31.1 Å². The van der Waals surface area contributed by atoms with Gasteiger partial charge in [0.15, 0.2) is 0 Å². The number of phenolic OH excluding ortho intramolecular Hbond substituents is 1. The van der Waals surface area contributed by atoms with E-state index < -0.39 is 54.0 Å². The van der Waals surface area contributed by atoms with Gasteiger partial charge in [-0.2, -0.15) is 0 Å². The van der Waals surface area contributed by atoms with Gasteiger partial charge in [0.05, 0.1) is 6.42 Å². The number of alkyl carbamates (subject to hydrolysis) is 1. The molecule has 0 heterocycles. The second kappa shape index (κ2) is 13.0. The Balaban J connectivity index is 3.50. The lowest BCUT2D eigenvalue weighted by Gasteiger charge is -2.37. The first-order valence-electron chi connectivity index (χ1n) is 11.9. The smallest absolute Gasteiger partial charge is 0.408 e. The number of aryl methyl sites for hydroxylation is 1. The molecule has 0 aliphatic rings. The zero-order valence-corrected chi connectivity index (χ0v) is 21.8. The van der Waals surface area contributed by atoms with Crippen LogP contribution < -0.4 is 16.4 Å². The topological polar surface area (TPSA) is 151 Å². The van der Waals surface area contributed by atoms with E-state index in [1.807, 2.05) is 6.92 Å². The van der Waals surface area contributed by atoms with Crippen LogP contribution in [0.1, 0.15) is 78.0 Å². The van der Waals surface area contributed by atoms with Crippen LogP contribution in [-0.2, 0) is 19.1 Å². The number of carbonyl (C=O) groups is 4. The maximum atomic E-state index is 13.8. The quantitative estimate of drug-likeness (QED) is 0.349. The first-order chi connectivity index (χ1) is 16.2. The standard InChI is InChI=1S/C25H40N4O6/c1-8-9-13-27-22(32)20(17-12-10-11-16(4)21(17)31)29(15(2)3)23(33)18(14-19(26)30)28-24(34)35-25(5,6)7/h10-12,15,18,20,31H,8-9,13-14H2,1-7H3,(H2,26,30)(H,27,32)(H,28,34). The Kier molecular flexibility index (Phi) is 11.0. The number of benzene rings is 1. The van der Waals surface area contributed by atoms with E-state index in [0.717, 1.165) is 12.8 Å². The molecule has 1 aromatic rings. The molecule has 10 nitrogen and oxygen atoms in total. The van der Waals surface area contributed by atoms with E-state index >= 15 is 0 Å². The second-order valence-corrected chi connectivity index (χ2v) is 9.77. The Morgan fingerprint density at radius 3 is 2.31 bits per heavy atom. The molecular weight excluding hydrogens is 452 g/mol. The molecule has 196 valence electrons. The van der Waals surface area contributed by atoms with Crippen molar-refractivity contribution in [3.05, 3.63) is 29.3 Å². The monoisotopic (exact) mass is 492 g/mol. The molecule has 0 aromatic heterocycles. The van der Waals surface area contributed by atoms with Crippen LogP contribution >= 0.6 is 0 Å². The number of hydrogen-bond acceptors (Lipinski definition) is 6. The number of rotatable bonds is 11. The number of nitrogens with zero attached hydrogens (tertiary/aromatic N) is 1. The van der Waals surface area contributed by atoms with Gasteiger partial charge in [0.25, 0.3) is 0 Å². The van der Waals surface area contributed by atoms with E-state index in [1.165, 1.54) is 4.90 Å². The number of unbranched alkanes of at least 4 members (excludes halogenated alkanes) is 1. The number of nitrogens with one attached hydrogen (secondary N) is 2. The molecule has 2 atom stereocenters. The number of para-hydroxylation sites is 1. The Morgan fingerprint density at radius 2 is 1.80 bits per heavy atom. The van der Waals surface area contributed by atoms with Gasteiger partial charge in [-0.1, -0.05) is 31.5 Å². The van der Waals surface area contributed by atoms with Crippen molar-refractivity contribution in [1.29, 1.82) is 0 Å². The summed E-state index contributed by atoms with van der Waals surface area (Å²) in [5, 5.41) is 16.0. The predicted molar refractivity (Wildman–Crippen MR) is 132 cm³/mol. The molecule has 0 aliphatic carbocycles. The molecule has 1 rings (SSSR count). The zero-order valence-electron chi connectivity index (χ0n) is 21.8. The first kappa shape index (κ1) is 29.7. The van der Waals surface area contributed by atoms with E-state index in [4.69, 9.17) is 10.5 Å². The van der Waals surface area contributed by atoms with Crippen LogP contribution in [0.5, 0.6) is 5.75 Å². The summed E-state index contributed by atoms with van der Waals surface area (Å²) >= 11 is 0. The van der Waals surface area contributed by atoms with E-state index in [1.54, 1.807) is 59.7 Å². The van der Waals surface area contributed by atoms with Gasteiger partial charge in [0, 0.05) is 18.2 Å².